The number of anilines is 1. The monoisotopic (exact) mass is 377 g/mol. The van der Waals surface area contributed by atoms with Crippen LogP contribution in [0.1, 0.15) is 21.7 Å². The Hall–Kier alpha value is -3.08. The number of aryl methyl sites for hydroxylation is 2. The molecule has 0 spiro atoms. The summed E-state index contributed by atoms with van der Waals surface area (Å²) in [5, 5.41) is 0. The van der Waals surface area contributed by atoms with Crippen molar-refractivity contribution in [3.05, 3.63) is 83.4 Å². The van der Waals surface area contributed by atoms with Crippen LogP contribution in [0.25, 0.3) is 5.69 Å². The van der Waals surface area contributed by atoms with E-state index in [1.165, 1.54) is 17.5 Å². The summed E-state index contributed by atoms with van der Waals surface area (Å²) in [6, 6.07) is 18.7. The molecule has 0 atom stereocenters. The van der Waals surface area contributed by atoms with E-state index in [2.05, 4.69) is 30.5 Å². The second-order valence-electron chi connectivity index (χ2n) is 7.23. The van der Waals surface area contributed by atoms with Gasteiger partial charge in [0.25, 0.3) is 5.91 Å². The van der Waals surface area contributed by atoms with E-state index >= 15 is 0 Å². The van der Waals surface area contributed by atoms with Crippen LogP contribution in [0.2, 0.25) is 0 Å². The van der Waals surface area contributed by atoms with Crippen LogP contribution in [0.5, 0.6) is 0 Å². The third kappa shape index (κ3) is 3.40. The number of hydrogen-bond acceptors (Lipinski definition) is 2. The van der Waals surface area contributed by atoms with Gasteiger partial charge in [-0.25, -0.2) is 4.39 Å². The molecule has 4 nitrogen and oxygen atoms in total. The summed E-state index contributed by atoms with van der Waals surface area (Å²) in [5.41, 5.74) is 4.68. The largest absolute Gasteiger partial charge is 0.366 e. The van der Waals surface area contributed by atoms with Crippen LogP contribution < -0.4 is 4.90 Å². The Labute approximate surface area is 164 Å². The van der Waals surface area contributed by atoms with Gasteiger partial charge in [0, 0.05) is 48.8 Å². The number of carbonyl (C=O) groups is 1. The van der Waals surface area contributed by atoms with Crippen molar-refractivity contribution in [3.8, 4) is 5.69 Å². The number of aromatic nitrogens is 1. The molecule has 0 unspecified atom stereocenters. The lowest BCUT2D eigenvalue weighted by molar-refractivity contribution is 0.0746. The van der Waals surface area contributed by atoms with E-state index in [1.807, 2.05) is 40.1 Å². The summed E-state index contributed by atoms with van der Waals surface area (Å²) in [7, 11) is 0. The van der Waals surface area contributed by atoms with Gasteiger partial charge in [0.05, 0.1) is 5.69 Å². The molecule has 0 N–H and O–H groups in total. The Balaban J connectivity index is 1.44. The fourth-order valence-corrected chi connectivity index (χ4v) is 3.87. The van der Waals surface area contributed by atoms with Crippen LogP contribution in [-0.4, -0.2) is 41.6 Å². The van der Waals surface area contributed by atoms with Crippen LogP contribution in [0.15, 0.2) is 60.7 Å². The zero-order chi connectivity index (χ0) is 19.7. The van der Waals surface area contributed by atoms with E-state index in [1.54, 1.807) is 12.1 Å². The summed E-state index contributed by atoms with van der Waals surface area (Å²) >= 11 is 0. The molecule has 0 aliphatic carbocycles. The van der Waals surface area contributed by atoms with E-state index in [0.717, 1.165) is 5.69 Å². The van der Waals surface area contributed by atoms with Crippen LogP contribution in [0, 0.1) is 19.7 Å². The van der Waals surface area contributed by atoms with Crippen molar-refractivity contribution in [2.24, 2.45) is 0 Å². The molecule has 3 aromatic rings. The first-order valence-corrected chi connectivity index (χ1v) is 9.59. The summed E-state index contributed by atoms with van der Waals surface area (Å²) in [6.07, 6.45) is 0. The minimum absolute atomic E-state index is 0.0284. The van der Waals surface area contributed by atoms with Gasteiger partial charge in [-0.3, -0.25) is 4.79 Å². The highest BCUT2D eigenvalue weighted by Gasteiger charge is 2.23. The molecule has 1 fully saturated rings. The predicted molar refractivity (Wildman–Crippen MR) is 110 cm³/mol. The first-order valence-electron chi connectivity index (χ1n) is 9.59. The number of amides is 1. The summed E-state index contributed by atoms with van der Waals surface area (Å²) in [5.74, 6) is -0.186. The van der Waals surface area contributed by atoms with Gasteiger partial charge in [-0.05, 0) is 62.4 Å². The van der Waals surface area contributed by atoms with Gasteiger partial charge in [-0.15, -0.1) is 0 Å². The molecule has 1 saturated heterocycles. The Morgan fingerprint density at radius 2 is 1.43 bits per heavy atom. The average molecular weight is 377 g/mol. The molecule has 1 aliphatic heterocycles. The Morgan fingerprint density at radius 3 is 2.04 bits per heavy atom. The third-order valence-electron chi connectivity index (χ3n) is 5.40. The average Bonchev–Trinajstić information content (AvgIpc) is 3.06. The van der Waals surface area contributed by atoms with E-state index < -0.39 is 0 Å². The van der Waals surface area contributed by atoms with Crippen LogP contribution in [-0.2, 0) is 0 Å². The summed E-state index contributed by atoms with van der Waals surface area (Å²) < 4.78 is 16.1. The molecular weight excluding hydrogens is 353 g/mol. The van der Waals surface area contributed by atoms with Gasteiger partial charge in [-0.2, -0.15) is 0 Å². The smallest absolute Gasteiger partial charge is 0.253 e. The van der Waals surface area contributed by atoms with Gasteiger partial charge in [0.1, 0.15) is 5.82 Å². The molecule has 1 aliphatic rings. The van der Waals surface area contributed by atoms with E-state index in [0.29, 0.717) is 37.4 Å². The number of carbonyl (C=O) groups excluding carboxylic acids is 1. The number of rotatable bonds is 3. The predicted octanol–water partition coefficient (Wildman–Crippen LogP) is 4.20. The number of hydrogen-bond donors (Lipinski definition) is 0. The first kappa shape index (κ1) is 18.3. The molecule has 144 valence electrons. The van der Waals surface area contributed by atoms with Crippen molar-refractivity contribution in [3.63, 3.8) is 0 Å². The molecule has 0 bridgehead atoms. The molecule has 1 aromatic heterocycles. The lowest BCUT2D eigenvalue weighted by atomic mass is 10.1. The third-order valence-corrected chi connectivity index (χ3v) is 5.40. The molecule has 5 heteroatoms. The number of nitrogens with zero attached hydrogens (tertiary/aromatic N) is 3. The van der Waals surface area contributed by atoms with Crippen molar-refractivity contribution in [2.75, 3.05) is 31.1 Å². The van der Waals surface area contributed by atoms with Crippen LogP contribution in [0.4, 0.5) is 10.1 Å². The quantitative estimate of drug-likeness (QED) is 0.685. The molecule has 28 heavy (non-hydrogen) atoms. The lowest BCUT2D eigenvalue weighted by Gasteiger charge is -2.36. The van der Waals surface area contributed by atoms with Gasteiger partial charge >= 0.3 is 0 Å². The number of piperazine rings is 1. The Bertz CT molecular complexity index is 966. The normalized spacial score (nSPS) is 14.4. The molecule has 0 saturated carbocycles. The fraction of sp³-hybridized carbons (Fsp3) is 0.261. The number of benzene rings is 2. The SMILES string of the molecule is Cc1ccc(C)n1-c1ccc(C(=O)N2CCN(c3ccccc3F)CC2)cc1. The topological polar surface area (TPSA) is 28.5 Å². The van der Waals surface area contributed by atoms with Gasteiger partial charge in [0.15, 0.2) is 0 Å². The number of halogens is 1. The summed E-state index contributed by atoms with van der Waals surface area (Å²) in [6.45, 7) is 6.58. The molecule has 2 heterocycles. The molecule has 4 rings (SSSR count). The first-order chi connectivity index (χ1) is 13.5. The highest BCUT2D eigenvalue weighted by molar-refractivity contribution is 5.94. The molecule has 0 radical (unpaired) electrons. The molecular formula is C23H24FN3O. The van der Waals surface area contributed by atoms with Gasteiger partial charge < -0.3 is 14.4 Å². The van der Waals surface area contributed by atoms with Gasteiger partial charge in [-0.1, -0.05) is 12.1 Å². The maximum Gasteiger partial charge on any atom is 0.253 e. The lowest BCUT2D eigenvalue weighted by Crippen LogP contribution is -2.49. The standard InChI is InChI=1S/C23H24FN3O/c1-17-7-8-18(2)27(17)20-11-9-19(10-12-20)23(28)26-15-13-25(14-16-26)22-6-4-3-5-21(22)24/h3-12H,13-16H2,1-2H3. The van der Waals surface area contributed by atoms with Crippen molar-refractivity contribution < 1.29 is 9.18 Å². The van der Waals surface area contributed by atoms with E-state index in [-0.39, 0.29) is 11.7 Å². The fourth-order valence-electron chi connectivity index (χ4n) is 3.87. The van der Waals surface area contributed by atoms with Gasteiger partial charge in [0.2, 0.25) is 0 Å². The van der Waals surface area contributed by atoms with E-state index in [4.69, 9.17) is 0 Å². The maximum atomic E-state index is 14.0. The van der Waals surface area contributed by atoms with E-state index in [9.17, 15) is 9.18 Å². The molecule has 2 aromatic carbocycles. The second kappa shape index (κ2) is 7.50. The zero-order valence-corrected chi connectivity index (χ0v) is 16.2. The van der Waals surface area contributed by atoms with Crippen LogP contribution in [0.3, 0.4) is 0 Å². The highest BCUT2D eigenvalue weighted by Crippen LogP contribution is 2.21. The Kier molecular flexibility index (Phi) is 4.90. The Morgan fingerprint density at radius 1 is 0.821 bits per heavy atom. The van der Waals surface area contributed by atoms with Crippen molar-refractivity contribution in [1.29, 1.82) is 0 Å². The number of para-hydroxylation sites is 1. The van der Waals surface area contributed by atoms with Crippen LogP contribution >= 0.6 is 0 Å². The van der Waals surface area contributed by atoms with Crippen molar-refractivity contribution in [2.45, 2.75) is 13.8 Å². The zero-order valence-electron chi connectivity index (χ0n) is 16.2. The summed E-state index contributed by atoms with van der Waals surface area (Å²) in [4.78, 5) is 16.7. The molecule has 1 amide bonds. The maximum absolute atomic E-state index is 14.0. The van der Waals surface area contributed by atoms with Crippen molar-refractivity contribution in [1.82, 2.24) is 9.47 Å². The van der Waals surface area contributed by atoms with Crippen molar-refractivity contribution >= 4 is 11.6 Å². The highest BCUT2D eigenvalue weighted by atomic mass is 19.1. The minimum Gasteiger partial charge on any atom is -0.366 e. The second-order valence-corrected chi connectivity index (χ2v) is 7.23. The minimum atomic E-state index is -0.214.